The van der Waals surface area contributed by atoms with Gasteiger partial charge in [-0.05, 0) is 36.9 Å². The summed E-state index contributed by atoms with van der Waals surface area (Å²) >= 11 is 0. The molecule has 0 bridgehead atoms. The topological polar surface area (TPSA) is 147 Å². The van der Waals surface area contributed by atoms with E-state index >= 15 is 0 Å². The number of rotatable bonds is 11. The van der Waals surface area contributed by atoms with E-state index in [2.05, 4.69) is 10.3 Å². The fraction of sp³-hybridized carbons (Fsp3) is 0.357. The van der Waals surface area contributed by atoms with Crippen LogP contribution in [0.5, 0.6) is 0 Å². The van der Waals surface area contributed by atoms with E-state index in [4.69, 9.17) is 25.9 Å². The van der Waals surface area contributed by atoms with Crippen molar-refractivity contribution in [2.75, 3.05) is 12.3 Å². The van der Waals surface area contributed by atoms with Crippen molar-refractivity contribution in [3.63, 3.8) is 0 Å². The van der Waals surface area contributed by atoms with Crippen LogP contribution in [0, 0.1) is 5.92 Å². The maximum Gasteiger partial charge on any atom is 0.408 e. The Morgan fingerprint density at radius 3 is 2.45 bits per heavy atom. The monoisotopic (exact) mass is 518 g/mol. The number of anilines is 1. The number of imidazole rings is 1. The second-order valence-electron chi connectivity index (χ2n) is 9.42. The number of nitrogen functional groups attached to an aromatic ring is 1. The highest BCUT2D eigenvalue weighted by molar-refractivity contribution is 6.06. The lowest BCUT2D eigenvalue weighted by Crippen LogP contribution is -2.45. The molecule has 5 N–H and O–H groups in total. The molecule has 0 unspecified atom stereocenters. The zero-order chi connectivity index (χ0) is 27.1. The Morgan fingerprint density at radius 1 is 0.974 bits per heavy atom. The summed E-state index contributed by atoms with van der Waals surface area (Å²) in [5.41, 5.74) is 15.0. The van der Waals surface area contributed by atoms with Crippen LogP contribution < -0.4 is 16.8 Å². The highest BCUT2D eigenvalue weighted by Gasteiger charge is 2.27. The van der Waals surface area contributed by atoms with Gasteiger partial charge in [-0.25, -0.2) is 19.6 Å². The van der Waals surface area contributed by atoms with E-state index in [1.54, 1.807) is 0 Å². The first-order valence-corrected chi connectivity index (χ1v) is 12.8. The smallest absolute Gasteiger partial charge is 0.408 e. The first-order valence-electron chi connectivity index (χ1n) is 12.8. The number of nitrogens with zero attached hydrogens (tertiary/aromatic N) is 3. The first-order chi connectivity index (χ1) is 18.4. The van der Waals surface area contributed by atoms with Gasteiger partial charge in [-0.1, -0.05) is 62.4 Å². The van der Waals surface area contributed by atoms with E-state index in [1.807, 2.05) is 73.0 Å². The van der Waals surface area contributed by atoms with Gasteiger partial charge in [0.15, 0.2) is 5.82 Å². The summed E-state index contributed by atoms with van der Waals surface area (Å²) in [7, 11) is 0. The summed E-state index contributed by atoms with van der Waals surface area (Å²) in [5, 5.41) is 3.55. The maximum absolute atomic E-state index is 13.1. The number of fused-ring (bicyclic) bond motifs is 3. The van der Waals surface area contributed by atoms with Gasteiger partial charge in [0.1, 0.15) is 30.6 Å². The number of aryl methyl sites for hydroxylation is 1. The molecule has 200 valence electrons. The van der Waals surface area contributed by atoms with Crippen LogP contribution in [-0.2, 0) is 34.0 Å². The fourth-order valence-corrected chi connectivity index (χ4v) is 4.29. The van der Waals surface area contributed by atoms with Crippen LogP contribution in [0.3, 0.4) is 0 Å². The molecule has 0 radical (unpaired) electrons. The van der Waals surface area contributed by atoms with Gasteiger partial charge in [-0.15, -0.1) is 0 Å². The third-order valence-corrected chi connectivity index (χ3v) is 6.28. The van der Waals surface area contributed by atoms with Crippen molar-refractivity contribution in [3.8, 4) is 0 Å². The zero-order valence-electron chi connectivity index (χ0n) is 21.7. The SMILES string of the molecule is CC(C)[C@H](NC(=O)OCc1ccccc1)C(=O)OCc1nc2c(N)nc3ccccc3c2n1CCCCN. The van der Waals surface area contributed by atoms with E-state index in [0.29, 0.717) is 30.2 Å². The number of alkyl carbamates (subject to hydrolysis) is 1. The zero-order valence-corrected chi connectivity index (χ0v) is 21.7. The quantitative estimate of drug-likeness (QED) is 0.200. The fourth-order valence-electron chi connectivity index (χ4n) is 4.29. The summed E-state index contributed by atoms with van der Waals surface area (Å²) in [5.74, 6) is 0.0586. The molecule has 0 saturated heterocycles. The molecular weight excluding hydrogens is 484 g/mol. The molecule has 0 aliphatic heterocycles. The normalized spacial score (nSPS) is 12.1. The number of unbranched alkanes of at least 4 members (excludes halogenated alkanes) is 1. The van der Waals surface area contributed by atoms with Gasteiger partial charge in [-0.2, -0.15) is 0 Å². The van der Waals surface area contributed by atoms with Gasteiger partial charge in [0.2, 0.25) is 0 Å². The summed E-state index contributed by atoms with van der Waals surface area (Å²) in [4.78, 5) is 34.6. The van der Waals surface area contributed by atoms with Crippen molar-refractivity contribution in [2.24, 2.45) is 11.7 Å². The van der Waals surface area contributed by atoms with Crippen LogP contribution in [-0.4, -0.2) is 39.2 Å². The van der Waals surface area contributed by atoms with Gasteiger partial charge in [0.05, 0.1) is 11.0 Å². The van der Waals surface area contributed by atoms with Gasteiger partial charge in [0.25, 0.3) is 0 Å². The molecule has 1 amide bonds. The molecule has 4 aromatic rings. The lowest BCUT2D eigenvalue weighted by molar-refractivity contribution is -0.148. The second kappa shape index (κ2) is 12.4. The van der Waals surface area contributed by atoms with Crippen LogP contribution in [0.2, 0.25) is 0 Å². The lowest BCUT2D eigenvalue weighted by Gasteiger charge is -2.20. The Morgan fingerprint density at radius 2 is 1.71 bits per heavy atom. The maximum atomic E-state index is 13.1. The molecule has 10 heteroatoms. The number of carbonyl (C=O) groups excluding carboxylic acids is 2. The van der Waals surface area contributed by atoms with Crippen molar-refractivity contribution in [1.82, 2.24) is 19.9 Å². The van der Waals surface area contributed by atoms with Gasteiger partial charge in [0, 0.05) is 11.9 Å². The summed E-state index contributed by atoms with van der Waals surface area (Å²) < 4.78 is 13.0. The molecular formula is C28H34N6O4. The van der Waals surface area contributed by atoms with E-state index in [-0.39, 0.29) is 19.1 Å². The number of para-hydroxylation sites is 1. The molecule has 0 spiro atoms. The van der Waals surface area contributed by atoms with E-state index in [1.165, 1.54) is 0 Å². The Balaban J connectivity index is 1.51. The average molecular weight is 519 g/mol. The summed E-state index contributed by atoms with van der Waals surface area (Å²) in [6, 6.07) is 16.1. The largest absolute Gasteiger partial charge is 0.456 e. The molecule has 10 nitrogen and oxygen atoms in total. The number of hydrogen-bond donors (Lipinski definition) is 3. The Hall–Kier alpha value is -4.18. The molecule has 2 aromatic heterocycles. The minimum absolute atomic E-state index is 0.0894. The Bertz CT molecular complexity index is 1400. The number of aromatic nitrogens is 3. The molecule has 2 heterocycles. The molecule has 0 aliphatic rings. The van der Waals surface area contributed by atoms with E-state index in [0.717, 1.165) is 34.8 Å². The Kier molecular flexibility index (Phi) is 8.75. The van der Waals surface area contributed by atoms with Crippen molar-refractivity contribution in [1.29, 1.82) is 0 Å². The number of nitrogens with one attached hydrogen (secondary N) is 1. The number of nitrogens with two attached hydrogens (primary N) is 2. The van der Waals surface area contributed by atoms with Crippen molar-refractivity contribution in [3.05, 3.63) is 66.0 Å². The lowest BCUT2D eigenvalue weighted by atomic mass is 10.1. The number of pyridine rings is 1. The van der Waals surface area contributed by atoms with Gasteiger partial charge >= 0.3 is 12.1 Å². The number of hydrogen-bond acceptors (Lipinski definition) is 8. The van der Waals surface area contributed by atoms with Crippen LogP contribution in [0.25, 0.3) is 21.9 Å². The highest BCUT2D eigenvalue weighted by Crippen LogP contribution is 2.29. The van der Waals surface area contributed by atoms with Crippen LogP contribution in [0.1, 0.15) is 38.1 Å². The number of ether oxygens (including phenoxy) is 2. The number of esters is 1. The van der Waals surface area contributed by atoms with Crippen molar-refractivity contribution in [2.45, 2.75) is 52.5 Å². The van der Waals surface area contributed by atoms with Crippen molar-refractivity contribution < 1.29 is 19.1 Å². The summed E-state index contributed by atoms with van der Waals surface area (Å²) in [6.45, 7) is 4.86. The predicted octanol–water partition coefficient (Wildman–Crippen LogP) is 3.90. The molecule has 38 heavy (non-hydrogen) atoms. The van der Waals surface area contributed by atoms with E-state index in [9.17, 15) is 9.59 Å². The first kappa shape index (κ1) is 26.9. The minimum atomic E-state index is -0.888. The van der Waals surface area contributed by atoms with Crippen molar-refractivity contribution >= 4 is 39.8 Å². The number of amides is 1. The van der Waals surface area contributed by atoms with E-state index < -0.39 is 18.1 Å². The highest BCUT2D eigenvalue weighted by atomic mass is 16.6. The second-order valence-corrected chi connectivity index (χ2v) is 9.42. The average Bonchev–Trinajstić information content (AvgIpc) is 3.29. The predicted molar refractivity (Wildman–Crippen MR) is 146 cm³/mol. The molecule has 0 fully saturated rings. The van der Waals surface area contributed by atoms with Gasteiger partial charge in [-0.3, -0.25) is 0 Å². The Labute approximate surface area is 221 Å². The minimum Gasteiger partial charge on any atom is -0.456 e. The third-order valence-electron chi connectivity index (χ3n) is 6.28. The molecule has 2 aromatic carbocycles. The molecule has 4 rings (SSSR count). The number of benzene rings is 2. The molecule has 0 aliphatic carbocycles. The number of carbonyl (C=O) groups is 2. The molecule has 0 saturated carbocycles. The third kappa shape index (κ3) is 6.20. The van der Waals surface area contributed by atoms with Crippen LogP contribution in [0.15, 0.2) is 54.6 Å². The standard InChI is InChI=1S/C28H34N6O4/c1-18(2)23(33-28(36)38-16-19-10-4-3-5-11-19)27(35)37-17-22-32-24-25(34(22)15-9-8-14-29)20-12-6-7-13-21(20)31-26(24)30/h3-7,10-13,18,23H,8-9,14-17,29H2,1-2H3,(H2,30,31)(H,33,36)/t23-/m0/s1. The van der Waals surface area contributed by atoms with Gasteiger partial charge < -0.3 is 30.8 Å². The van der Waals surface area contributed by atoms with Crippen LogP contribution >= 0.6 is 0 Å². The van der Waals surface area contributed by atoms with Crippen LogP contribution in [0.4, 0.5) is 10.6 Å². The summed E-state index contributed by atoms with van der Waals surface area (Å²) in [6.07, 6.45) is 0.967. The molecule has 1 atom stereocenters.